The molecule has 51 heteroatoms. The normalized spacial score (nSPS) is 25.1. The van der Waals surface area contributed by atoms with Gasteiger partial charge in [-0.25, -0.2) is 0 Å². The summed E-state index contributed by atoms with van der Waals surface area (Å²) in [5.41, 5.74) is 17.0. The van der Waals surface area contributed by atoms with Crippen LogP contribution in [0.25, 0.3) is 10.8 Å². The Morgan fingerprint density at radius 2 is 0.864 bits per heavy atom. The van der Waals surface area contributed by atoms with Gasteiger partial charge >= 0.3 is 23.9 Å². The fraction of sp³-hybridized carbons (Fsp3) is 0.506. The molecular weight excluding hydrogens is 1890 g/mol. The Hall–Kier alpha value is -13.8. The van der Waals surface area contributed by atoms with Crippen LogP contribution in [-0.4, -0.2) is 346 Å². The van der Waals surface area contributed by atoms with Crippen LogP contribution in [0, 0.1) is 5.41 Å². The number of rotatable bonds is 21. The highest BCUT2D eigenvalue weighted by Gasteiger charge is 2.42. The number of aliphatic hydroxyl groups is 1. The highest BCUT2D eigenvalue weighted by molar-refractivity contribution is 8.00. The largest absolute Gasteiger partial charge is 0.508 e. The van der Waals surface area contributed by atoms with Crippen molar-refractivity contribution >= 4 is 176 Å². The Morgan fingerprint density at radius 1 is 0.436 bits per heavy atom. The molecule has 3 saturated heterocycles. The first-order chi connectivity index (χ1) is 66.0. The van der Waals surface area contributed by atoms with Gasteiger partial charge in [-0.05, 0) is 85.0 Å². The number of hydrogen-bond acceptors (Lipinski definition) is 29. The van der Waals surface area contributed by atoms with E-state index in [1.165, 1.54) is 90.9 Å². The van der Waals surface area contributed by atoms with Gasteiger partial charge in [0.2, 0.25) is 106 Å². The smallest absolute Gasteiger partial charge is 0.305 e. The standard InChI is InChI=1S/C89H120N20O28S3/c1-45(90)75(124)104-63-40-139-43-67(113)108-29-27-107-28-30-109(32-31-108)68(114)44-140-41-64(105-77(126)47(3)93-80(129)58(35-51-17-12-16-50-15-10-11-18-53(50)51)100-78(127)54(23-25-69(115)116)95-83(132)59(36-65(91)111)97-76(125)46(2)94-86(63)135)87(136)96-55(24-26-70(117)118)79(128)101-60(37-71(119)120)84(133)99-56(33-48-13-8-7-9-14-48)81(130)98-57(34-49-19-21-52(110)22-20-49)82(131)102-61(38-72(121)122)85(134)106-73(89(4,5)6)88(137)103-62(74(92)123)39-138-42-66(107)112/h7-22,45-47,54-64,73,82,102,110,131H,23-44,90H2,1-6H3,(H2,91,111)(H2,92,123)(H,93,129)(H,94,135)(H,95,132)(H,96,136)(H,97,125)(H,98,130)(H,99,133)(H,100,127)(H,101,128)(H,103,137)(H,104,124)(H,105,126)(H,106,134)(H,115,116)(H,117,118)(H,119,120)(H,121,122)/t45-,46+,47+,54-,55-,56-,57-,58-,59-,60?,61-,62-,63-,64+,73+,82?/m0/s1. The van der Waals surface area contributed by atoms with Crippen LogP contribution in [0.2, 0.25) is 0 Å². The van der Waals surface area contributed by atoms with Gasteiger partial charge in [-0.2, -0.15) is 0 Å². The maximum absolute atomic E-state index is 15.3. The molecule has 4 aromatic rings. The van der Waals surface area contributed by atoms with Crippen LogP contribution < -0.4 is 91.6 Å². The number of amides is 18. The van der Waals surface area contributed by atoms with Crippen LogP contribution in [-0.2, 0) is 125 Å². The molecule has 26 N–H and O–H groups in total. The fourth-order valence-electron chi connectivity index (χ4n) is 14.6. The molecule has 16 atom stereocenters. The molecule has 0 aliphatic carbocycles. The van der Waals surface area contributed by atoms with Gasteiger partial charge in [-0.15, -0.1) is 35.3 Å². The van der Waals surface area contributed by atoms with E-state index in [0.29, 0.717) is 33.7 Å². The van der Waals surface area contributed by atoms with Gasteiger partial charge in [0, 0.05) is 82.2 Å². The number of benzene rings is 4. The summed E-state index contributed by atoms with van der Waals surface area (Å²) >= 11 is 2.18. The number of nitrogens with two attached hydrogens (primary N) is 3. The highest BCUT2D eigenvalue weighted by Crippen LogP contribution is 2.25. The summed E-state index contributed by atoms with van der Waals surface area (Å²) in [4.78, 5) is 315. The summed E-state index contributed by atoms with van der Waals surface area (Å²) in [6.07, 6.45) is -10.5. The number of carbonyl (C=O) groups is 22. The van der Waals surface area contributed by atoms with E-state index in [0.717, 1.165) is 37.4 Å². The summed E-state index contributed by atoms with van der Waals surface area (Å²) in [5, 5.41) is 98.3. The second-order valence-electron chi connectivity index (χ2n) is 34.6. The molecule has 3 heterocycles. The van der Waals surface area contributed by atoms with Crippen molar-refractivity contribution in [2.75, 3.05) is 73.8 Å². The number of carboxylic acids is 4. The maximum atomic E-state index is 15.3. The second kappa shape index (κ2) is 54.5. The molecular formula is C89H120N20O28S3. The van der Waals surface area contributed by atoms with Crippen LogP contribution in [0.4, 0.5) is 0 Å². The number of aromatic hydroxyl groups is 1. The minimum Gasteiger partial charge on any atom is -0.508 e. The number of carbonyl (C=O) groups excluding carboxylic acids is 18. The third-order valence-electron chi connectivity index (χ3n) is 22.4. The number of nitrogens with zero attached hydrogens (tertiary/aromatic N) is 3. The molecule has 140 heavy (non-hydrogen) atoms. The molecule has 0 spiro atoms. The first-order valence-electron chi connectivity index (χ1n) is 44.5. The molecule has 48 nitrogen and oxygen atoms in total. The van der Waals surface area contributed by atoms with E-state index >= 15 is 14.4 Å². The predicted molar refractivity (Wildman–Crippen MR) is 505 cm³/mol. The van der Waals surface area contributed by atoms with Crippen molar-refractivity contribution in [3.8, 4) is 5.75 Å². The minimum atomic E-state index is -2.27. The Morgan fingerprint density at radius 3 is 1.39 bits per heavy atom. The van der Waals surface area contributed by atoms with Crippen LogP contribution in [0.3, 0.4) is 0 Å². The number of aliphatic carboxylic acids is 4. The molecule has 0 radical (unpaired) electrons. The van der Waals surface area contributed by atoms with Gasteiger partial charge in [-0.3, -0.25) is 111 Å². The van der Waals surface area contributed by atoms with Gasteiger partial charge in [0.05, 0.1) is 54.6 Å². The highest BCUT2D eigenvalue weighted by atomic mass is 32.2. The summed E-state index contributed by atoms with van der Waals surface area (Å²) < 4.78 is 0. The Kier molecular flexibility index (Phi) is 44.1. The number of carboxylic acid groups (broad SMARTS) is 4. The van der Waals surface area contributed by atoms with E-state index in [1.54, 1.807) is 48.5 Å². The van der Waals surface area contributed by atoms with Crippen molar-refractivity contribution in [1.82, 2.24) is 89.1 Å². The van der Waals surface area contributed by atoms with E-state index in [-0.39, 0.29) is 50.6 Å². The molecule has 0 aromatic heterocycles. The zero-order chi connectivity index (χ0) is 104. The molecule has 0 saturated carbocycles. The van der Waals surface area contributed by atoms with Crippen molar-refractivity contribution < 1.29 is 136 Å². The summed E-state index contributed by atoms with van der Waals surface area (Å²) in [5.74, 6) is -30.6. The number of aliphatic hydroxyl groups excluding tert-OH is 1. The number of hydrogen-bond donors (Lipinski definition) is 23. The van der Waals surface area contributed by atoms with E-state index in [9.17, 15) is 122 Å². The van der Waals surface area contributed by atoms with Crippen LogP contribution in [0.1, 0.15) is 103 Å². The van der Waals surface area contributed by atoms with Crippen molar-refractivity contribution in [1.29, 1.82) is 0 Å². The monoisotopic (exact) mass is 2010 g/mol. The van der Waals surface area contributed by atoms with E-state index in [4.69, 9.17) is 17.2 Å². The lowest BCUT2D eigenvalue weighted by Gasteiger charge is -2.34. The van der Waals surface area contributed by atoms with Crippen LogP contribution >= 0.6 is 35.3 Å². The number of thioether (sulfide) groups is 3. The van der Waals surface area contributed by atoms with Crippen molar-refractivity contribution in [3.05, 3.63) is 114 Å². The van der Waals surface area contributed by atoms with E-state index in [1.807, 2.05) is 0 Å². The lowest BCUT2D eigenvalue weighted by molar-refractivity contribution is -0.142. The average molecular weight is 2010 g/mol. The van der Waals surface area contributed by atoms with E-state index in [2.05, 4.69) is 74.4 Å². The topological polar surface area (TPSA) is 753 Å². The zero-order valence-electron chi connectivity index (χ0n) is 77.5. The Balaban J connectivity index is 1.39. The van der Waals surface area contributed by atoms with Crippen molar-refractivity contribution in [2.45, 2.75) is 203 Å². The molecule has 7 rings (SSSR count). The van der Waals surface area contributed by atoms with E-state index < -0.39 is 331 Å². The number of nitrogens with one attached hydrogen (secondary N) is 14. The van der Waals surface area contributed by atoms with Gasteiger partial charge in [0.1, 0.15) is 84.5 Å². The maximum Gasteiger partial charge on any atom is 0.305 e. The summed E-state index contributed by atoms with van der Waals surface area (Å²) in [6.45, 7) is 6.17. The van der Waals surface area contributed by atoms with Gasteiger partial charge < -0.3 is 132 Å². The molecule has 4 bridgehead atoms. The predicted octanol–water partition coefficient (Wildman–Crippen LogP) is -6.65. The zero-order valence-corrected chi connectivity index (χ0v) is 79.9. The summed E-state index contributed by atoms with van der Waals surface area (Å²) in [6, 6.07) is -2.96. The third kappa shape index (κ3) is 36.8. The van der Waals surface area contributed by atoms with Crippen LogP contribution in [0.15, 0.2) is 97.1 Å². The number of phenols is 1. The molecule has 18 amide bonds. The SMILES string of the molecule is C[C@H](N)C(=O)N[C@H]1CSCC(=O)N2CCN3CCN(CC2)C(=O)CSC[C@@H](NC(=O)[C@@H](C)NC(=O)[C@H](Cc2cccc4ccccc24)NC(=O)[C@H](CCC(=O)O)NC(=O)[C@H](CC(N)=O)NC(=O)[C@@H](C)NC1=O)C(=O)N[C@@H](CCC(=O)O)C(=O)NC(CC(=O)O)C(=O)N[C@@H](Cc1ccccc1)C(=O)N[C@@H](Cc1ccc(O)cc1)C(O)N[C@@H](CC(=O)O)C(=O)N[C@@H](C(C)(C)C)C(=O)N[C@H](C(N)=O)CSCC3=O. The molecule has 762 valence electrons. The van der Waals surface area contributed by atoms with Crippen molar-refractivity contribution in [3.63, 3.8) is 0 Å². The first kappa shape index (κ1) is 113. The summed E-state index contributed by atoms with van der Waals surface area (Å²) in [7, 11) is 0. The minimum absolute atomic E-state index is 0.239. The number of fused-ring (bicyclic) bond motifs is 9. The number of phenolic OH excluding ortho intramolecular Hbond substituents is 1. The lowest BCUT2D eigenvalue weighted by atomic mass is 9.85. The fourth-order valence-corrected chi connectivity index (χ4v) is 17.4. The molecule has 2 unspecified atom stereocenters. The molecule has 4 aromatic carbocycles. The van der Waals surface area contributed by atoms with Crippen LogP contribution in [0.5, 0.6) is 5.75 Å². The lowest BCUT2D eigenvalue weighted by Crippen LogP contribution is -2.63. The average Bonchev–Trinajstić information content (AvgIpc) is 0.852. The van der Waals surface area contributed by atoms with Gasteiger partial charge in [-0.1, -0.05) is 106 Å². The quantitative estimate of drug-likeness (QED) is 0.0369. The van der Waals surface area contributed by atoms with Gasteiger partial charge in [0.15, 0.2) is 0 Å². The Bertz CT molecular complexity index is 5190. The third-order valence-corrected chi connectivity index (χ3v) is 25.5. The first-order valence-corrected chi connectivity index (χ1v) is 48.0. The number of primary amides is 2. The van der Waals surface area contributed by atoms with Crippen molar-refractivity contribution in [2.24, 2.45) is 22.6 Å². The Labute approximate surface area is 815 Å². The molecule has 3 fully saturated rings. The van der Waals surface area contributed by atoms with Gasteiger partial charge in [0.25, 0.3) is 0 Å². The molecule has 3 aliphatic heterocycles. The molecule has 3 aliphatic rings. The second-order valence-corrected chi connectivity index (χ2v) is 37.7.